The van der Waals surface area contributed by atoms with Crippen LogP contribution in [0.15, 0.2) is 24.3 Å². The summed E-state index contributed by atoms with van der Waals surface area (Å²) in [6, 6.07) is 7.18. The van der Waals surface area contributed by atoms with Crippen LogP contribution in [0.25, 0.3) is 0 Å². The number of ether oxygens (including phenoxy) is 1. The summed E-state index contributed by atoms with van der Waals surface area (Å²) >= 11 is 0. The highest BCUT2D eigenvalue weighted by Crippen LogP contribution is 2.18. The molecule has 0 saturated heterocycles. The Hall–Kier alpha value is -1.55. The van der Waals surface area contributed by atoms with E-state index in [0.29, 0.717) is 24.5 Å². The summed E-state index contributed by atoms with van der Waals surface area (Å²) in [5.74, 6) is 0.569. The topological polar surface area (TPSA) is 58.6 Å². The van der Waals surface area contributed by atoms with Gasteiger partial charge in [0.05, 0.1) is 12.2 Å². The number of amides is 1. The molecule has 0 heterocycles. The Morgan fingerprint density at radius 1 is 1.47 bits per heavy atom. The molecule has 0 aliphatic rings. The number of carbonyl (C=O) groups excluding carboxylic acids is 1. The summed E-state index contributed by atoms with van der Waals surface area (Å²) in [5, 5.41) is 12.2. The van der Waals surface area contributed by atoms with E-state index < -0.39 is 5.60 Å². The van der Waals surface area contributed by atoms with Crippen molar-refractivity contribution in [3.8, 4) is 5.75 Å². The standard InChI is InChI=1S/C13H19NO3/c1-10(15)14-11-5-4-6-12(9-11)17-8-7-13(2,3)16/h4-6,9,16H,7-8H2,1-3H3,(H,14,15). The fraction of sp³-hybridized carbons (Fsp3) is 0.462. The molecule has 0 unspecified atom stereocenters. The average Bonchev–Trinajstić information content (AvgIpc) is 2.15. The zero-order valence-corrected chi connectivity index (χ0v) is 10.5. The molecule has 0 saturated carbocycles. The minimum atomic E-state index is -0.727. The molecule has 0 aliphatic heterocycles. The average molecular weight is 237 g/mol. The van der Waals surface area contributed by atoms with Gasteiger partial charge in [0.2, 0.25) is 5.91 Å². The molecule has 94 valence electrons. The molecule has 0 aliphatic carbocycles. The number of hydrogen-bond acceptors (Lipinski definition) is 3. The lowest BCUT2D eigenvalue weighted by Gasteiger charge is -2.17. The van der Waals surface area contributed by atoms with Gasteiger partial charge in [-0.2, -0.15) is 0 Å². The first-order chi connectivity index (χ1) is 7.87. The van der Waals surface area contributed by atoms with Crippen LogP contribution in [-0.2, 0) is 4.79 Å². The molecule has 0 bridgehead atoms. The van der Waals surface area contributed by atoms with Crippen molar-refractivity contribution in [1.29, 1.82) is 0 Å². The number of rotatable bonds is 5. The Morgan fingerprint density at radius 2 is 2.18 bits per heavy atom. The van der Waals surface area contributed by atoms with Crippen molar-refractivity contribution in [3.63, 3.8) is 0 Å². The van der Waals surface area contributed by atoms with Crippen molar-refractivity contribution in [1.82, 2.24) is 0 Å². The molecule has 2 N–H and O–H groups in total. The zero-order chi connectivity index (χ0) is 12.9. The van der Waals surface area contributed by atoms with Crippen molar-refractivity contribution in [2.24, 2.45) is 0 Å². The normalized spacial score (nSPS) is 11.1. The van der Waals surface area contributed by atoms with Crippen molar-refractivity contribution < 1.29 is 14.6 Å². The van der Waals surface area contributed by atoms with Gasteiger partial charge in [-0.3, -0.25) is 4.79 Å². The molecule has 17 heavy (non-hydrogen) atoms. The lowest BCUT2D eigenvalue weighted by atomic mass is 10.1. The first kappa shape index (κ1) is 13.5. The molecular formula is C13H19NO3. The Bertz CT molecular complexity index is 382. The molecule has 1 aromatic carbocycles. The third kappa shape index (κ3) is 5.92. The maximum atomic E-state index is 10.9. The second-order valence-electron chi connectivity index (χ2n) is 4.62. The number of hydrogen-bond donors (Lipinski definition) is 2. The molecule has 0 fully saturated rings. The quantitative estimate of drug-likeness (QED) is 0.825. The van der Waals surface area contributed by atoms with Gasteiger partial charge in [0.25, 0.3) is 0 Å². The van der Waals surface area contributed by atoms with Gasteiger partial charge in [-0.05, 0) is 26.0 Å². The van der Waals surface area contributed by atoms with Crippen molar-refractivity contribution >= 4 is 11.6 Å². The fourth-order valence-electron chi connectivity index (χ4n) is 1.29. The van der Waals surface area contributed by atoms with Gasteiger partial charge in [0.15, 0.2) is 0 Å². The molecule has 1 amide bonds. The molecule has 1 rings (SSSR count). The van der Waals surface area contributed by atoms with Crippen LogP contribution in [0.1, 0.15) is 27.2 Å². The van der Waals surface area contributed by atoms with Gasteiger partial charge in [0, 0.05) is 25.1 Å². The predicted octanol–water partition coefficient (Wildman–Crippen LogP) is 2.18. The van der Waals surface area contributed by atoms with Gasteiger partial charge in [0.1, 0.15) is 5.75 Å². The lowest BCUT2D eigenvalue weighted by molar-refractivity contribution is -0.114. The van der Waals surface area contributed by atoms with Crippen LogP contribution in [0.4, 0.5) is 5.69 Å². The Balaban J connectivity index is 2.51. The van der Waals surface area contributed by atoms with E-state index in [-0.39, 0.29) is 5.91 Å². The highest BCUT2D eigenvalue weighted by Gasteiger charge is 2.12. The van der Waals surface area contributed by atoms with Crippen molar-refractivity contribution in [3.05, 3.63) is 24.3 Å². The minimum Gasteiger partial charge on any atom is -0.493 e. The minimum absolute atomic E-state index is 0.112. The number of anilines is 1. The van der Waals surface area contributed by atoms with Crippen LogP contribution in [0.3, 0.4) is 0 Å². The number of aliphatic hydroxyl groups is 1. The summed E-state index contributed by atoms with van der Waals surface area (Å²) < 4.78 is 5.49. The Labute approximate surface area is 102 Å². The van der Waals surface area contributed by atoms with Crippen LogP contribution < -0.4 is 10.1 Å². The molecule has 1 aromatic rings. The number of nitrogens with one attached hydrogen (secondary N) is 1. The van der Waals surface area contributed by atoms with Crippen molar-refractivity contribution in [2.75, 3.05) is 11.9 Å². The molecule has 4 nitrogen and oxygen atoms in total. The highest BCUT2D eigenvalue weighted by molar-refractivity contribution is 5.88. The first-order valence-corrected chi connectivity index (χ1v) is 5.60. The van der Waals surface area contributed by atoms with E-state index in [1.807, 2.05) is 12.1 Å². The van der Waals surface area contributed by atoms with E-state index >= 15 is 0 Å². The molecule has 0 spiro atoms. The first-order valence-electron chi connectivity index (χ1n) is 5.60. The van der Waals surface area contributed by atoms with E-state index in [9.17, 15) is 9.90 Å². The van der Waals surface area contributed by atoms with Gasteiger partial charge >= 0.3 is 0 Å². The van der Waals surface area contributed by atoms with E-state index in [1.54, 1.807) is 26.0 Å². The van der Waals surface area contributed by atoms with Gasteiger partial charge in [-0.15, -0.1) is 0 Å². The molecular weight excluding hydrogens is 218 g/mol. The largest absolute Gasteiger partial charge is 0.493 e. The van der Waals surface area contributed by atoms with Crippen LogP contribution in [-0.4, -0.2) is 23.2 Å². The van der Waals surface area contributed by atoms with Gasteiger partial charge in [-0.1, -0.05) is 6.07 Å². The Kier molecular flexibility index (Phi) is 4.52. The molecule has 0 aromatic heterocycles. The van der Waals surface area contributed by atoms with E-state index in [2.05, 4.69) is 5.32 Å². The predicted molar refractivity (Wildman–Crippen MR) is 67.2 cm³/mol. The second kappa shape index (κ2) is 5.68. The summed E-state index contributed by atoms with van der Waals surface area (Å²) in [7, 11) is 0. The Morgan fingerprint density at radius 3 is 2.76 bits per heavy atom. The van der Waals surface area contributed by atoms with E-state index in [0.717, 1.165) is 0 Å². The van der Waals surface area contributed by atoms with Gasteiger partial charge in [-0.25, -0.2) is 0 Å². The van der Waals surface area contributed by atoms with Crippen LogP contribution >= 0.6 is 0 Å². The third-order valence-corrected chi connectivity index (χ3v) is 2.14. The van der Waals surface area contributed by atoms with Crippen molar-refractivity contribution in [2.45, 2.75) is 32.8 Å². The lowest BCUT2D eigenvalue weighted by Crippen LogP contribution is -2.21. The summed E-state index contributed by atoms with van der Waals surface area (Å²) in [5.41, 5.74) is -0.0202. The zero-order valence-electron chi connectivity index (χ0n) is 10.5. The smallest absolute Gasteiger partial charge is 0.221 e. The number of carbonyl (C=O) groups is 1. The SMILES string of the molecule is CC(=O)Nc1cccc(OCCC(C)(C)O)c1. The third-order valence-electron chi connectivity index (χ3n) is 2.14. The van der Waals surface area contributed by atoms with Crippen LogP contribution in [0.5, 0.6) is 5.75 Å². The molecule has 4 heteroatoms. The van der Waals surface area contributed by atoms with Gasteiger partial charge < -0.3 is 15.2 Å². The number of benzene rings is 1. The summed E-state index contributed by atoms with van der Waals surface area (Å²) in [6.45, 7) is 5.38. The fourth-order valence-corrected chi connectivity index (χ4v) is 1.29. The summed E-state index contributed by atoms with van der Waals surface area (Å²) in [4.78, 5) is 10.9. The second-order valence-corrected chi connectivity index (χ2v) is 4.62. The van der Waals surface area contributed by atoms with Crippen LogP contribution in [0.2, 0.25) is 0 Å². The summed E-state index contributed by atoms with van der Waals surface area (Å²) in [6.07, 6.45) is 0.553. The highest BCUT2D eigenvalue weighted by atomic mass is 16.5. The van der Waals surface area contributed by atoms with Crippen LogP contribution in [0, 0.1) is 0 Å². The van der Waals surface area contributed by atoms with E-state index in [4.69, 9.17) is 4.74 Å². The maximum Gasteiger partial charge on any atom is 0.221 e. The molecule has 0 atom stereocenters. The maximum absolute atomic E-state index is 10.9. The monoisotopic (exact) mass is 237 g/mol. The molecule has 0 radical (unpaired) electrons. The van der Waals surface area contributed by atoms with E-state index in [1.165, 1.54) is 6.92 Å².